The highest BCUT2D eigenvalue weighted by Gasteiger charge is 2.25. The predicted octanol–water partition coefficient (Wildman–Crippen LogP) is 2.48. The first-order valence-corrected chi connectivity index (χ1v) is 8.66. The van der Waals surface area contributed by atoms with Gasteiger partial charge in [0.25, 0.3) is 5.69 Å². The predicted molar refractivity (Wildman–Crippen MR) is 83.6 cm³/mol. The molecule has 21 heavy (non-hydrogen) atoms. The van der Waals surface area contributed by atoms with E-state index in [-0.39, 0.29) is 12.2 Å². The third-order valence-corrected chi connectivity index (χ3v) is 5.61. The molecule has 7 nitrogen and oxygen atoms in total. The number of nitro groups is 1. The molecule has 0 aliphatic heterocycles. The van der Waals surface area contributed by atoms with Gasteiger partial charge in [0.1, 0.15) is 0 Å². The van der Waals surface area contributed by atoms with E-state index in [2.05, 4.69) is 20.7 Å². The molecule has 2 aromatic rings. The van der Waals surface area contributed by atoms with Gasteiger partial charge in [0, 0.05) is 23.2 Å². The van der Waals surface area contributed by atoms with Gasteiger partial charge < -0.3 is 5.73 Å². The van der Waals surface area contributed by atoms with Crippen LogP contribution < -0.4 is 10.5 Å². The molecule has 0 radical (unpaired) electrons. The van der Waals surface area contributed by atoms with E-state index in [1.165, 1.54) is 17.4 Å². The zero-order valence-electron chi connectivity index (χ0n) is 10.4. The second-order valence-corrected chi connectivity index (χ2v) is 8.30. The average molecular weight is 392 g/mol. The van der Waals surface area contributed by atoms with Crippen molar-refractivity contribution in [2.24, 2.45) is 0 Å². The van der Waals surface area contributed by atoms with Crippen LogP contribution in [-0.4, -0.2) is 13.3 Å². The number of hydrogen-bond donors (Lipinski definition) is 2. The number of nitrogens with zero attached hydrogens (tertiary/aromatic N) is 1. The van der Waals surface area contributed by atoms with Crippen LogP contribution in [-0.2, 0) is 16.6 Å². The van der Waals surface area contributed by atoms with Gasteiger partial charge in [0.05, 0.1) is 8.71 Å². The Bertz CT molecular complexity index is 789. The van der Waals surface area contributed by atoms with E-state index in [9.17, 15) is 18.5 Å². The van der Waals surface area contributed by atoms with Crippen molar-refractivity contribution in [3.63, 3.8) is 0 Å². The van der Waals surface area contributed by atoms with Gasteiger partial charge in [-0.1, -0.05) is 0 Å². The molecule has 0 amide bonds. The zero-order valence-corrected chi connectivity index (χ0v) is 13.7. The van der Waals surface area contributed by atoms with Crippen LogP contribution in [0.2, 0.25) is 0 Å². The van der Waals surface area contributed by atoms with Crippen molar-refractivity contribution in [1.82, 2.24) is 4.72 Å². The van der Waals surface area contributed by atoms with Crippen LogP contribution in [0.25, 0.3) is 0 Å². The van der Waals surface area contributed by atoms with Crippen molar-refractivity contribution in [1.29, 1.82) is 0 Å². The van der Waals surface area contributed by atoms with E-state index in [1.54, 1.807) is 12.1 Å². The summed E-state index contributed by atoms with van der Waals surface area (Å²) >= 11 is 4.65. The average Bonchev–Trinajstić information content (AvgIpc) is 2.82. The van der Waals surface area contributed by atoms with Gasteiger partial charge in [-0.05, 0) is 40.2 Å². The van der Waals surface area contributed by atoms with E-state index in [0.717, 1.165) is 20.8 Å². The number of halogens is 1. The van der Waals surface area contributed by atoms with Crippen LogP contribution in [0.15, 0.2) is 39.0 Å². The highest BCUT2D eigenvalue weighted by atomic mass is 79.9. The normalized spacial score (nSPS) is 11.5. The Morgan fingerprint density at radius 2 is 2.05 bits per heavy atom. The molecule has 1 aromatic heterocycles. The molecule has 112 valence electrons. The Hall–Kier alpha value is -1.49. The second kappa shape index (κ2) is 6.10. The van der Waals surface area contributed by atoms with Gasteiger partial charge in [-0.3, -0.25) is 10.1 Å². The van der Waals surface area contributed by atoms with Gasteiger partial charge in [0.15, 0.2) is 4.90 Å². The number of benzene rings is 1. The third kappa shape index (κ3) is 3.79. The van der Waals surface area contributed by atoms with E-state index in [4.69, 9.17) is 5.73 Å². The third-order valence-electron chi connectivity index (χ3n) is 2.53. The Labute approximate surface area is 133 Å². The minimum absolute atomic E-state index is 0.0557. The number of nitro benzene ring substituents is 1. The van der Waals surface area contributed by atoms with Crippen LogP contribution in [0.3, 0.4) is 0 Å². The first kappa shape index (κ1) is 15.9. The van der Waals surface area contributed by atoms with Crippen molar-refractivity contribution < 1.29 is 13.3 Å². The molecule has 0 unspecified atom stereocenters. The van der Waals surface area contributed by atoms with Gasteiger partial charge >= 0.3 is 0 Å². The topological polar surface area (TPSA) is 115 Å². The maximum atomic E-state index is 12.2. The molecule has 1 heterocycles. The fourth-order valence-electron chi connectivity index (χ4n) is 1.59. The molecule has 0 saturated heterocycles. The van der Waals surface area contributed by atoms with Crippen molar-refractivity contribution in [2.45, 2.75) is 11.4 Å². The Kier molecular flexibility index (Phi) is 4.61. The summed E-state index contributed by atoms with van der Waals surface area (Å²) in [4.78, 5) is 10.6. The molecule has 2 rings (SSSR count). The van der Waals surface area contributed by atoms with E-state index >= 15 is 0 Å². The number of sulfonamides is 1. The summed E-state index contributed by atoms with van der Waals surface area (Å²) < 4.78 is 27.6. The van der Waals surface area contributed by atoms with Crippen LogP contribution in [0.5, 0.6) is 0 Å². The highest BCUT2D eigenvalue weighted by Crippen LogP contribution is 2.27. The smallest absolute Gasteiger partial charge is 0.291 e. The maximum absolute atomic E-state index is 12.2. The summed E-state index contributed by atoms with van der Waals surface area (Å²) in [5, 5.41) is 11.0. The summed E-state index contributed by atoms with van der Waals surface area (Å²) in [6.45, 7) is 0.0557. The molecule has 0 bridgehead atoms. The van der Waals surface area contributed by atoms with Crippen molar-refractivity contribution >= 4 is 48.7 Å². The van der Waals surface area contributed by atoms with E-state index in [0.29, 0.717) is 0 Å². The number of anilines is 1. The molecule has 0 saturated carbocycles. The zero-order chi connectivity index (χ0) is 15.6. The highest BCUT2D eigenvalue weighted by molar-refractivity contribution is 9.11. The molecule has 0 fully saturated rings. The molecule has 0 aliphatic carbocycles. The summed E-state index contributed by atoms with van der Waals surface area (Å²) in [5.41, 5.74) is 5.03. The maximum Gasteiger partial charge on any atom is 0.291 e. The lowest BCUT2D eigenvalue weighted by Gasteiger charge is -2.07. The molecule has 0 spiro atoms. The van der Waals surface area contributed by atoms with Crippen LogP contribution in [0.1, 0.15) is 4.88 Å². The lowest BCUT2D eigenvalue weighted by Crippen LogP contribution is -2.23. The lowest BCUT2D eigenvalue weighted by molar-refractivity contribution is -0.387. The number of nitrogens with one attached hydrogen (secondary N) is 1. The fraction of sp³-hybridized carbons (Fsp3) is 0.0909. The van der Waals surface area contributed by atoms with Crippen LogP contribution in [0, 0.1) is 10.1 Å². The molecule has 3 N–H and O–H groups in total. The van der Waals surface area contributed by atoms with Crippen LogP contribution >= 0.6 is 27.3 Å². The van der Waals surface area contributed by atoms with Gasteiger partial charge in [-0.25, -0.2) is 13.1 Å². The fourth-order valence-corrected chi connectivity index (χ4v) is 4.27. The quantitative estimate of drug-likeness (QED) is 0.461. The number of rotatable bonds is 5. The number of nitrogen functional groups attached to an aromatic ring is 1. The second-order valence-electron chi connectivity index (χ2n) is 4.01. The summed E-state index contributed by atoms with van der Waals surface area (Å²) in [6.07, 6.45) is 0. The van der Waals surface area contributed by atoms with E-state index in [1.807, 2.05) is 0 Å². The molecular weight excluding hydrogens is 382 g/mol. The molecule has 10 heteroatoms. The Morgan fingerprint density at radius 3 is 2.62 bits per heavy atom. The number of thiophene rings is 1. The molecule has 0 atom stereocenters. The first-order chi connectivity index (χ1) is 9.79. The minimum atomic E-state index is -4.00. The summed E-state index contributed by atoms with van der Waals surface area (Å²) in [6, 6.07) is 7.01. The Morgan fingerprint density at radius 1 is 1.33 bits per heavy atom. The minimum Gasteiger partial charge on any atom is -0.399 e. The van der Waals surface area contributed by atoms with Crippen molar-refractivity contribution in [3.05, 3.63) is 49.1 Å². The summed E-state index contributed by atoms with van der Waals surface area (Å²) in [5.74, 6) is 0. The molecule has 1 aromatic carbocycles. The van der Waals surface area contributed by atoms with Gasteiger partial charge in [-0.2, -0.15) is 0 Å². The monoisotopic (exact) mass is 391 g/mol. The Balaban J connectivity index is 2.29. The largest absolute Gasteiger partial charge is 0.399 e. The lowest BCUT2D eigenvalue weighted by atomic mass is 10.3. The SMILES string of the molecule is Nc1ccc(S(=O)(=O)NCc2ccc(Br)s2)c([N+](=O)[O-])c1. The van der Waals surface area contributed by atoms with Gasteiger partial charge in [0.2, 0.25) is 10.0 Å². The number of hydrogen-bond acceptors (Lipinski definition) is 6. The summed E-state index contributed by atoms with van der Waals surface area (Å²) in [7, 11) is -4.00. The standard InChI is InChI=1S/C11H10BrN3O4S2/c12-11-4-2-8(20-11)6-14-21(18,19)10-3-1-7(13)5-9(10)15(16)17/h1-5,14H,6,13H2. The first-order valence-electron chi connectivity index (χ1n) is 5.57. The number of nitrogens with two attached hydrogens (primary N) is 1. The van der Waals surface area contributed by atoms with Crippen molar-refractivity contribution in [2.75, 3.05) is 5.73 Å². The van der Waals surface area contributed by atoms with Crippen LogP contribution in [0.4, 0.5) is 11.4 Å². The molecule has 0 aliphatic rings. The van der Waals surface area contributed by atoms with E-state index < -0.39 is 25.5 Å². The van der Waals surface area contributed by atoms with Gasteiger partial charge in [-0.15, -0.1) is 11.3 Å². The molecular formula is C11H10BrN3O4S2. The van der Waals surface area contributed by atoms with Crippen molar-refractivity contribution in [3.8, 4) is 0 Å².